The van der Waals surface area contributed by atoms with Crippen molar-refractivity contribution in [2.45, 2.75) is 5.41 Å². The van der Waals surface area contributed by atoms with E-state index >= 15 is 0 Å². The second-order valence-corrected chi connectivity index (χ2v) is 32.6. The van der Waals surface area contributed by atoms with E-state index in [2.05, 4.69) is 411 Å². The van der Waals surface area contributed by atoms with E-state index in [1.807, 2.05) is 0 Å². The van der Waals surface area contributed by atoms with Crippen LogP contribution in [0.15, 0.2) is 422 Å². The molecule has 6 heteroatoms. The molecule has 6 nitrogen and oxygen atoms in total. The van der Waals surface area contributed by atoms with Gasteiger partial charge in [0, 0.05) is 60.9 Å². The number of nitrogens with zero attached hydrogens (tertiary/aromatic N) is 4. The Morgan fingerprint density at radius 2 is 0.689 bits per heavy atom. The van der Waals surface area contributed by atoms with Crippen LogP contribution in [0.4, 0.5) is 17.1 Å². The van der Waals surface area contributed by atoms with Crippen LogP contribution in [-0.4, -0.2) is 15.0 Å². The summed E-state index contributed by atoms with van der Waals surface area (Å²) >= 11 is 0. The first kappa shape index (κ1) is 68.0. The third kappa shape index (κ3) is 9.98. The van der Waals surface area contributed by atoms with E-state index in [-0.39, 0.29) is 0 Å². The standard InChI is InChI=1S/C116H68N4O2/c1-4-26-70(27-5-1)82-37-14-15-40-87(82)95-58-57-93-97-63-79(115-118-68-117-114(119-115)78-54-59-102-96(62-78)90-43-20-23-49-101(90)116(102)99-47-21-18-41-88(99)89-42-19-22-48-100(89)116)65-104-108(97)110-94(56-55-86(112(110)121-104)72-52-50-69(51-53-72)73-32-24-33-76(60-73)106-84-38-12-10-30-74(84)61-75-31-11-13-39-85(75)106)98-66-81(67-105-109(98)111(93)113(95)122-105)120(80-35-8-3-9-36-80)103-64-77-34-25-46-83(71-28-6-2-7-29-71)107(77)92-45-17-16-44-91(92)103/h1-68H. The minimum Gasteiger partial charge on any atom is -0.455 e. The van der Waals surface area contributed by atoms with Crippen LogP contribution < -0.4 is 4.90 Å². The average molecular weight is 1550 g/mol. The van der Waals surface area contributed by atoms with Crippen molar-refractivity contribution in [3.8, 4) is 112 Å². The summed E-state index contributed by atoms with van der Waals surface area (Å²) in [7, 11) is 0. The highest BCUT2D eigenvalue weighted by Crippen LogP contribution is 2.64. The lowest BCUT2D eigenvalue weighted by molar-refractivity contribution is 0.670. The highest BCUT2D eigenvalue weighted by molar-refractivity contribution is 6.39. The number of para-hydroxylation sites is 1. The van der Waals surface area contributed by atoms with Crippen LogP contribution in [0.2, 0.25) is 0 Å². The molecule has 3 aromatic heterocycles. The maximum Gasteiger partial charge on any atom is 0.163 e. The Morgan fingerprint density at radius 3 is 1.37 bits per heavy atom. The van der Waals surface area contributed by atoms with Gasteiger partial charge in [0.05, 0.1) is 16.8 Å². The molecule has 0 N–H and O–H groups in total. The van der Waals surface area contributed by atoms with Crippen molar-refractivity contribution in [3.63, 3.8) is 0 Å². The summed E-state index contributed by atoms with van der Waals surface area (Å²) in [5, 5.41) is 17.5. The predicted octanol–water partition coefficient (Wildman–Crippen LogP) is 31.2. The average Bonchev–Trinajstić information content (AvgIpc) is 1.51. The Kier molecular flexibility index (Phi) is 14.7. The Bertz CT molecular complexity index is 8420. The molecular weight excluding hydrogens is 1480 g/mol. The van der Waals surface area contributed by atoms with Crippen molar-refractivity contribution < 1.29 is 8.83 Å². The number of anilines is 3. The molecule has 0 radical (unpaired) electrons. The molecule has 2 aliphatic carbocycles. The fraction of sp³-hybridized carbons (Fsp3) is 0.00862. The van der Waals surface area contributed by atoms with Crippen LogP contribution in [0.25, 0.3) is 220 Å². The van der Waals surface area contributed by atoms with Gasteiger partial charge in [-0.25, -0.2) is 15.0 Å². The molecule has 564 valence electrons. The van der Waals surface area contributed by atoms with Gasteiger partial charge in [0.15, 0.2) is 11.6 Å². The maximum atomic E-state index is 7.92. The largest absolute Gasteiger partial charge is 0.455 e. The van der Waals surface area contributed by atoms with Crippen LogP contribution in [0.1, 0.15) is 22.3 Å². The SMILES string of the molecule is c1ccc(-c2ccccc2-c2ccc3c4cc(-c5ncnc(-c6ccc7c(c6)-c6ccccc6C76c7ccccc7-c7ccccc76)n5)cc5oc6c(-c7ccc(-c8cccc(-c9c%10ccccc%10cc%10ccccc9%10)c8)cc7)ccc(c7cc(N(c8ccccc8)c8cc9cccc(-c%10ccccc%10)c9c9ccccc89)cc8oc2c3c87)c6c54)cc1. The maximum absolute atomic E-state index is 7.92. The smallest absolute Gasteiger partial charge is 0.163 e. The van der Waals surface area contributed by atoms with E-state index in [4.69, 9.17) is 23.8 Å². The first-order valence-electron chi connectivity index (χ1n) is 41.8. The summed E-state index contributed by atoms with van der Waals surface area (Å²) in [6, 6.07) is 149. The highest BCUT2D eigenvalue weighted by Gasteiger charge is 2.51. The van der Waals surface area contributed by atoms with Crippen LogP contribution in [0.5, 0.6) is 0 Å². The molecule has 21 aromatic carbocycles. The fourth-order valence-corrected chi connectivity index (χ4v) is 21.2. The molecule has 122 heavy (non-hydrogen) atoms. The summed E-state index contributed by atoms with van der Waals surface area (Å²) in [5.41, 5.74) is 30.4. The van der Waals surface area contributed by atoms with Crippen molar-refractivity contribution in [3.05, 3.63) is 435 Å². The zero-order chi connectivity index (χ0) is 79.8. The van der Waals surface area contributed by atoms with Gasteiger partial charge in [-0.1, -0.05) is 334 Å². The molecule has 26 rings (SSSR count). The third-order valence-corrected chi connectivity index (χ3v) is 26.3. The number of fused-ring (bicyclic) bond motifs is 17. The minimum atomic E-state index is -0.490. The normalized spacial score (nSPS) is 12.7. The van der Waals surface area contributed by atoms with Crippen molar-refractivity contribution in [1.82, 2.24) is 15.0 Å². The van der Waals surface area contributed by atoms with Crippen molar-refractivity contribution in [2.24, 2.45) is 0 Å². The predicted molar refractivity (Wildman–Crippen MR) is 505 cm³/mol. The van der Waals surface area contributed by atoms with E-state index < -0.39 is 5.41 Å². The fourth-order valence-electron chi connectivity index (χ4n) is 21.2. The summed E-state index contributed by atoms with van der Waals surface area (Å²) in [6.07, 6.45) is 1.67. The van der Waals surface area contributed by atoms with E-state index in [1.54, 1.807) is 6.33 Å². The van der Waals surface area contributed by atoms with Crippen molar-refractivity contribution in [2.75, 3.05) is 4.90 Å². The summed E-state index contributed by atoms with van der Waals surface area (Å²) in [4.78, 5) is 18.2. The van der Waals surface area contributed by atoms with Gasteiger partial charge >= 0.3 is 0 Å². The van der Waals surface area contributed by atoms with Gasteiger partial charge in [-0.05, 0) is 226 Å². The first-order chi connectivity index (χ1) is 60.5. The zero-order valence-electron chi connectivity index (χ0n) is 65.9. The lowest BCUT2D eigenvalue weighted by Crippen LogP contribution is -2.25. The highest BCUT2D eigenvalue weighted by atomic mass is 16.3. The topological polar surface area (TPSA) is 68.2 Å². The number of rotatable bonds is 11. The van der Waals surface area contributed by atoms with Gasteiger partial charge < -0.3 is 13.7 Å². The summed E-state index contributed by atoms with van der Waals surface area (Å²) < 4.78 is 15.7. The second kappa shape index (κ2) is 26.4. The van der Waals surface area contributed by atoms with E-state index in [9.17, 15) is 0 Å². The number of furan rings is 2. The van der Waals surface area contributed by atoms with Gasteiger partial charge in [0.2, 0.25) is 0 Å². The molecule has 0 amide bonds. The van der Waals surface area contributed by atoms with Crippen LogP contribution in [0, 0.1) is 0 Å². The Balaban J connectivity index is 0.720. The lowest BCUT2D eigenvalue weighted by Gasteiger charge is -2.30. The Labute approximate surface area is 701 Å². The molecule has 3 heterocycles. The van der Waals surface area contributed by atoms with Crippen molar-refractivity contribution in [1.29, 1.82) is 0 Å². The van der Waals surface area contributed by atoms with Gasteiger partial charge in [0.1, 0.15) is 28.7 Å². The van der Waals surface area contributed by atoms with Gasteiger partial charge in [0.25, 0.3) is 0 Å². The second-order valence-electron chi connectivity index (χ2n) is 32.6. The molecule has 0 unspecified atom stereocenters. The molecule has 0 fully saturated rings. The van der Waals surface area contributed by atoms with E-state index in [0.29, 0.717) is 17.2 Å². The third-order valence-electron chi connectivity index (χ3n) is 26.3. The van der Waals surface area contributed by atoms with E-state index in [0.717, 1.165) is 149 Å². The molecule has 0 saturated carbocycles. The quantitative estimate of drug-likeness (QED) is 0.0949. The van der Waals surface area contributed by atoms with Crippen LogP contribution >= 0.6 is 0 Å². The van der Waals surface area contributed by atoms with Gasteiger partial charge in [-0.15, -0.1) is 0 Å². The monoisotopic (exact) mass is 1550 g/mol. The van der Waals surface area contributed by atoms with E-state index in [1.165, 1.54) is 93.7 Å². The molecule has 0 atom stereocenters. The molecular formula is C116H68N4O2. The minimum absolute atomic E-state index is 0.490. The molecule has 1 spiro atoms. The summed E-state index contributed by atoms with van der Waals surface area (Å²) in [5.74, 6) is 1.09. The molecule has 0 bridgehead atoms. The van der Waals surface area contributed by atoms with Crippen LogP contribution in [0.3, 0.4) is 0 Å². The number of aromatic nitrogens is 3. The lowest BCUT2D eigenvalue weighted by atomic mass is 9.70. The summed E-state index contributed by atoms with van der Waals surface area (Å²) in [6.45, 7) is 0. The van der Waals surface area contributed by atoms with Gasteiger partial charge in [-0.2, -0.15) is 0 Å². The number of hydrogen-bond acceptors (Lipinski definition) is 6. The van der Waals surface area contributed by atoms with Crippen molar-refractivity contribution >= 4 is 126 Å². The molecule has 2 aliphatic rings. The zero-order valence-corrected chi connectivity index (χ0v) is 65.9. The molecule has 0 saturated heterocycles. The Hall–Kier alpha value is -16.2. The Morgan fingerprint density at radius 1 is 0.221 bits per heavy atom. The van der Waals surface area contributed by atoms with Gasteiger partial charge in [-0.3, -0.25) is 0 Å². The van der Waals surface area contributed by atoms with Crippen LogP contribution in [-0.2, 0) is 5.41 Å². The number of hydrogen-bond donors (Lipinski definition) is 0. The number of benzene rings is 20. The first-order valence-corrected chi connectivity index (χ1v) is 41.8. The molecule has 0 aliphatic heterocycles. The molecule has 24 aromatic rings.